The number of benzene rings is 2. The number of aryl methyl sites for hydroxylation is 2. The van der Waals surface area contributed by atoms with Crippen LogP contribution in [0.2, 0.25) is 0 Å². The molecule has 2 N–H and O–H groups in total. The standard InChI is InChI=1S/C31H38N6O/c1-24-35-30-22-28(9-10-29(30)31(36-24)34-15-5-8-25-6-3-2-4-7-25)38-23-26-13-19-37(20-14-26)21-18-33-27-11-16-32-17-12-27/h2-4,6-7,9-12,16-17,22,26H,5,8,13-15,18-21,23H2,1H3,(H,32,33)(H,34,35,36). The van der Waals surface area contributed by atoms with Gasteiger partial charge in [0.2, 0.25) is 0 Å². The van der Waals surface area contributed by atoms with Crippen LogP contribution in [0.4, 0.5) is 11.5 Å². The number of fused-ring (bicyclic) bond motifs is 1. The van der Waals surface area contributed by atoms with Gasteiger partial charge in [-0.25, -0.2) is 9.97 Å². The van der Waals surface area contributed by atoms with Crippen LogP contribution in [-0.4, -0.2) is 59.2 Å². The Labute approximate surface area is 225 Å². The minimum absolute atomic E-state index is 0.587. The highest BCUT2D eigenvalue weighted by molar-refractivity contribution is 5.90. The molecule has 0 saturated carbocycles. The van der Waals surface area contributed by atoms with Crippen molar-refractivity contribution in [3.63, 3.8) is 0 Å². The highest BCUT2D eigenvalue weighted by Gasteiger charge is 2.19. The lowest BCUT2D eigenvalue weighted by Crippen LogP contribution is -2.38. The van der Waals surface area contributed by atoms with Gasteiger partial charge in [-0.3, -0.25) is 4.98 Å². The van der Waals surface area contributed by atoms with Crippen molar-refractivity contribution < 1.29 is 4.74 Å². The molecule has 1 aliphatic heterocycles. The summed E-state index contributed by atoms with van der Waals surface area (Å²) in [6.45, 7) is 7.82. The predicted octanol–water partition coefficient (Wildman–Crippen LogP) is 5.58. The van der Waals surface area contributed by atoms with Gasteiger partial charge < -0.3 is 20.3 Å². The zero-order valence-corrected chi connectivity index (χ0v) is 22.3. The van der Waals surface area contributed by atoms with Gasteiger partial charge >= 0.3 is 0 Å². The van der Waals surface area contributed by atoms with E-state index in [0.717, 1.165) is 86.2 Å². The molecule has 3 heterocycles. The molecule has 0 aliphatic carbocycles. The van der Waals surface area contributed by atoms with Crippen LogP contribution in [0, 0.1) is 12.8 Å². The summed E-state index contributed by atoms with van der Waals surface area (Å²) in [5.74, 6) is 3.14. The number of anilines is 2. The lowest BCUT2D eigenvalue weighted by molar-refractivity contribution is 0.145. The van der Waals surface area contributed by atoms with Crippen LogP contribution >= 0.6 is 0 Å². The second kappa shape index (κ2) is 13.2. The summed E-state index contributed by atoms with van der Waals surface area (Å²) in [5.41, 5.74) is 3.42. The maximum atomic E-state index is 6.24. The first-order chi connectivity index (χ1) is 18.7. The zero-order valence-electron chi connectivity index (χ0n) is 22.3. The van der Waals surface area contributed by atoms with Crippen molar-refractivity contribution >= 4 is 22.4 Å². The fraction of sp³-hybridized carbons (Fsp3) is 0.387. The molecule has 0 unspecified atom stereocenters. The van der Waals surface area contributed by atoms with Crippen LogP contribution in [0.5, 0.6) is 5.75 Å². The first kappa shape index (κ1) is 25.9. The largest absolute Gasteiger partial charge is 0.493 e. The SMILES string of the molecule is Cc1nc(NCCCc2ccccc2)c2ccc(OCC3CCN(CCNc4ccncc4)CC3)cc2n1. The van der Waals surface area contributed by atoms with Gasteiger partial charge in [0.15, 0.2) is 0 Å². The van der Waals surface area contributed by atoms with Crippen LogP contribution in [-0.2, 0) is 6.42 Å². The molecule has 0 atom stereocenters. The van der Waals surface area contributed by atoms with E-state index in [0.29, 0.717) is 5.92 Å². The molecule has 5 rings (SSSR count). The Kier molecular flexibility index (Phi) is 9.00. The van der Waals surface area contributed by atoms with Crippen LogP contribution in [0.25, 0.3) is 10.9 Å². The molecule has 38 heavy (non-hydrogen) atoms. The summed E-state index contributed by atoms with van der Waals surface area (Å²) in [5, 5.41) is 8.04. The minimum Gasteiger partial charge on any atom is -0.493 e. The molecule has 0 spiro atoms. The van der Waals surface area contributed by atoms with E-state index in [2.05, 4.69) is 79.0 Å². The second-order valence-corrected chi connectivity index (χ2v) is 10.1. The predicted molar refractivity (Wildman–Crippen MR) is 155 cm³/mol. The van der Waals surface area contributed by atoms with Crippen molar-refractivity contribution in [3.8, 4) is 5.75 Å². The third-order valence-electron chi connectivity index (χ3n) is 7.19. The van der Waals surface area contributed by atoms with Gasteiger partial charge in [-0.1, -0.05) is 30.3 Å². The number of aromatic nitrogens is 3. The third kappa shape index (κ3) is 7.42. The highest BCUT2D eigenvalue weighted by atomic mass is 16.5. The van der Waals surface area contributed by atoms with Crippen LogP contribution in [0.15, 0.2) is 73.1 Å². The number of likely N-dealkylation sites (tertiary alicyclic amines) is 1. The molecule has 4 aromatic rings. The highest BCUT2D eigenvalue weighted by Crippen LogP contribution is 2.26. The quantitative estimate of drug-likeness (QED) is 0.241. The van der Waals surface area contributed by atoms with Crippen molar-refractivity contribution in [3.05, 3.63) is 84.4 Å². The molecule has 2 aromatic heterocycles. The molecule has 0 bridgehead atoms. The summed E-state index contributed by atoms with van der Waals surface area (Å²) in [7, 11) is 0. The van der Waals surface area contributed by atoms with E-state index >= 15 is 0 Å². The Hall–Kier alpha value is -3.71. The Morgan fingerprint density at radius 3 is 2.55 bits per heavy atom. The molecule has 0 radical (unpaired) electrons. The first-order valence-corrected chi connectivity index (χ1v) is 13.8. The van der Waals surface area contributed by atoms with E-state index in [1.807, 2.05) is 31.5 Å². The lowest BCUT2D eigenvalue weighted by Gasteiger charge is -2.31. The number of piperidine rings is 1. The fourth-order valence-corrected chi connectivity index (χ4v) is 5.01. The van der Waals surface area contributed by atoms with Crippen molar-refractivity contribution in [1.29, 1.82) is 0 Å². The number of hydrogen-bond acceptors (Lipinski definition) is 7. The van der Waals surface area contributed by atoms with E-state index in [4.69, 9.17) is 4.74 Å². The average Bonchev–Trinajstić information content (AvgIpc) is 2.95. The van der Waals surface area contributed by atoms with Crippen molar-refractivity contribution in [2.75, 3.05) is 50.0 Å². The van der Waals surface area contributed by atoms with E-state index in [1.54, 1.807) is 0 Å². The molecular formula is C31H38N6O. The zero-order chi connectivity index (χ0) is 26.0. The normalized spacial score (nSPS) is 14.4. The van der Waals surface area contributed by atoms with Gasteiger partial charge in [-0.15, -0.1) is 0 Å². The number of hydrogen-bond donors (Lipinski definition) is 2. The second-order valence-electron chi connectivity index (χ2n) is 10.1. The average molecular weight is 511 g/mol. The Morgan fingerprint density at radius 2 is 1.74 bits per heavy atom. The van der Waals surface area contributed by atoms with Gasteiger partial charge in [0.05, 0.1) is 12.1 Å². The molecule has 1 saturated heterocycles. The number of rotatable bonds is 12. The molecule has 7 heteroatoms. The van der Waals surface area contributed by atoms with E-state index < -0.39 is 0 Å². The number of pyridine rings is 1. The molecule has 1 aliphatic rings. The van der Waals surface area contributed by atoms with Crippen molar-refractivity contribution in [2.24, 2.45) is 5.92 Å². The molecule has 0 amide bonds. The first-order valence-electron chi connectivity index (χ1n) is 13.8. The summed E-state index contributed by atoms with van der Waals surface area (Å²) < 4.78 is 6.24. The van der Waals surface area contributed by atoms with Gasteiger partial charge in [0.25, 0.3) is 0 Å². The maximum Gasteiger partial charge on any atom is 0.137 e. The minimum atomic E-state index is 0.587. The summed E-state index contributed by atoms with van der Waals surface area (Å²) in [6.07, 6.45) is 8.08. The van der Waals surface area contributed by atoms with Crippen LogP contribution in [0.3, 0.4) is 0 Å². The molecule has 1 fully saturated rings. The Balaban J connectivity index is 1.07. The molecule has 2 aromatic carbocycles. The van der Waals surface area contributed by atoms with E-state index in [1.165, 1.54) is 18.4 Å². The number of nitrogens with one attached hydrogen (secondary N) is 2. The van der Waals surface area contributed by atoms with Crippen molar-refractivity contribution in [1.82, 2.24) is 19.9 Å². The lowest BCUT2D eigenvalue weighted by atomic mass is 9.98. The molecular weight excluding hydrogens is 472 g/mol. The van der Waals surface area contributed by atoms with Gasteiger partial charge in [0, 0.05) is 49.2 Å². The fourth-order valence-electron chi connectivity index (χ4n) is 5.01. The van der Waals surface area contributed by atoms with E-state index in [-0.39, 0.29) is 0 Å². The van der Waals surface area contributed by atoms with Crippen LogP contribution < -0.4 is 15.4 Å². The van der Waals surface area contributed by atoms with Gasteiger partial charge in [-0.05, 0) is 81.4 Å². The van der Waals surface area contributed by atoms with Gasteiger partial charge in [0.1, 0.15) is 17.4 Å². The summed E-state index contributed by atoms with van der Waals surface area (Å²) >= 11 is 0. The molecule has 7 nitrogen and oxygen atoms in total. The molecule has 198 valence electrons. The number of ether oxygens (including phenoxy) is 1. The van der Waals surface area contributed by atoms with Gasteiger partial charge in [-0.2, -0.15) is 0 Å². The topological polar surface area (TPSA) is 75.2 Å². The smallest absolute Gasteiger partial charge is 0.137 e. The van der Waals surface area contributed by atoms with Crippen molar-refractivity contribution in [2.45, 2.75) is 32.6 Å². The summed E-state index contributed by atoms with van der Waals surface area (Å²) in [4.78, 5) is 15.9. The Morgan fingerprint density at radius 1 is 0.921 bits per heavy atom. The van der Waals surface area contributed by atoms with Crippen LogP contribution in [0.1, 0.15) is 30.7 Å². The third-order valence-corrected chi connectivity index (χ3v) is 7.19. The maximum absolute atomic E-state index is 6.24. The van der Waals surface area contributed by atoms with E-state index in [9.17, 15) is 0 Å². The summed E-state index contributed by atoms with van der Waals surface area (Å²) in [6, 6.07) is 20.8. The monoisotopic (exact) mass is 510 g/mol. The number of nitrogens with zero attached hydrogens (tertiary/aromatic N) is 4. The Bertz CT molecular complexity index is 1280.